The van der Waals surface area contributed by atoms with Crippen molar-refractivity contribution in [2.75, 3.05) is 0 Å². The summed E-state index contributed by atoms with van der Waals surface area (Å²) < 4.78 is 0. The molecule has 0 radical (unpaired) electrons. The molecule has 2 nitrogen and oxygen atoms in total. The molecule has 0 spiro atoms. The number of hydrogen-bond donors (Lipinski definition) is 1. The number of aromatic carboxylic acids is 1. The smallest absolute Gasteiger partial charge is 0.335 e. The molecule has 1 aliphatic carbocycles. The minimum absolute atomic E-state index is 0.321. The number of carboxylic acids is 1. The normalized spacial score (nSPS) is 13.2. The van der Waals surface area contributed by atoms with Gasteiger partial charge in [0.15, 0.2) is 0 Å². The zero-order chi connectivity index (χ0) is 24.1. The van der Waals surface area contributed by atoms with Crippen molar-refractivity contribution in [2.45, 2.75) is 52.9 Å². The van der Waals surface area contributed by atoms with Crippen molar-refractivity contribution in [1.29, 1.82) is 0 Å². The van der Waals surface area contributed by atoms with Crippen molar-refractivity contribution in [3.63, 3.8) is 0 Å². The van der Waals surface area contributed by atoms with E-state index < -0.39 is 5.97 Å². The van der Waals surface area contributed by atoms with Gasteiger partial charge in [0, 0.05) is 10.0 Å². The van der Waals surface area contributed by atoms with Crippen molar-refractivity contribution in [3.05, 3.63) is 104 Å². The summed E-state index contributed by atoms with van der Waals surface area (Å²) >= 11 is 12.8. The van der Waals surface area contributed by atoms with Crippen molar-refractivity contribution in [2.24, 2.45) is 0 Å². The lowest BCUT2D eigenvalue weighted by atomic mass is 9.86. The lowest BCUT2D eigenvalue weighted by Crippen LogP contribution is -2.01. The van der Waals surface area contributed by atoms with Crippen LogP contribution in [0.25, 0.3) is 11.1 Å². The van der Waals surface area contributed by atoms with E-state index in [1.807, 2.05) is 38.1 Å². The predicted octanol–water partition coefficient (Wildman–Crippen LogP) is 9.14. The van der Waals surface area contributed by atoms with Gasteiger partial charge in [0.2, 0.25) is 0 Å². The lowest BCUT2D eigenvalue weighted by molar-refractivity contribution is 0.0696. The summed E-state index contributed by atoms with van der Waals surface area (Å²) in [6.45, 7) is 8.36. The molecule has 3 aromatic rings. The molecule has 0 bridgehead atoms. The Labute approximate surface area is 206 Å². The summed E-state index contributed by atoms with van der Waals surface area (Å²) in [5.41, 5.74) is 8.10. The molecule has 0 saturated carbocycles. The van der Waals surface area contributed by atoms with Crippen molar-refractivity contribution < 1.29 is 9.90 Å². The minimum atomic E-state index is -0.903. The molecule has 0 fully saturated rings. The van der Waals surface area contributed by atoms with E-state index in [-0.39, 0.29) is 0 Å². The first-order valence-electron chi connectivity index (χ1n) is 11.5. The van der Waals surface area contributed by atoms with Crippen molar-refractivity contribution >= 4 is 40.3 Å². The number of allylic oxidation sites excluding steroid dienone is 1. The maximum atomic E-state index is 11.5. The first-order chi connectivity index (χ1) is 15.8. The van der Waals surface area contributed by atoms with Gasteiger partial charge in [-0.05, 0) is 88.4 Å². The van der Waals surface area contributed by atoms with E-state index in [0.717, 1.165) is 47.1 Å². The Hall–Kier alpha value is -2.55. The average Bonchev–Trinajstić information content (AvgIpc) is 2.99. The van der Waals surface area contributed by atoms with Crippen LogP contribution in [0.15, 0.2) is 60.7 Å². The van der Waals surface area contributed by atoms with Crippen LogP contribution in [0.5, 0.6) is 0 Å². The molecule has 0 aliphatic heterocycles. The van der Waals surface area contributed by atoms with E-state index in [4.69, 9.17) is 23.2 Å². The van der Waals surface area contributed by atoms with Crippen LogP contribution >= 0.6 is 23.2 Å². The highest BCUT2D eigenvalue weighted by Gasteiger charge is 2.22. The zero-order valence-electron chi connectivity index (χ0n) is 19.6. The molecule has 4 rings (SSSR count). The number of aryl methyl sites for hydroxylation is 1. The van der Waals surface area contributed by atoms with Crippen LogP contribution in [0.1, 0.15) is 84.6 Å². The lowest BCUT2D eigenvalue weighted by Gasteiger charge is -2.18. The van der Waals surface area contributed by atoms with Gasteiger partial charge in [-0.15, -0.1) is 0 Å². The molecule has 0 aromatic heterocycles. The molecule has 1 aliphatic rings. The fourth-order valence-corrected chi connectivity index (χ4v) is 4.81. The number of halogens is 2. The third-order valence-corrected chi connectivity index (χ3v) is 6.47. The topological polar surface area (TPSA) is 37.3 Å². The maximum absolute atomic E-state index is 11.5. The monoisotopic (exact) mass is 480 g/mol. The Balaban J connectivity index is 0.00000149. The van der Waals surface area contributed by atoms with E-state index in [1.54, 1.807) is 12.1 Å². The van der Waals surface area contributed by atoms with Crippen LogP contribution in [0.4, 0.5) is 0 Å². The number of hydrogen-bond acceptors (Lipinski definition) is 1. The van der Waals surface area contributed by atoms with E-state index in [9.17, 15) is 9.90 Å². The molecule has 4 heteroatoms. The van der Waals surface area contributed by atoms with Gasteiger partial charge in [-0.3, -0.25) is 0 Å². The number of carboxylic acid groups (broad SMARTS) is 1. The second-order valence-electron chi connectivity index (χ2n) is 8.29. The Morgan fingerprint density at radius 1 is 0.879 bits per heavy atom. The van der Waals surface area contributed by atoms with E-state index in [0.29, 0.717) is 21.5 Å². The second-order valence-corrected chi connectivity index (χ2v) is 9.13. The maximum Gasteiger partial charge on any atom is 0.335 e. The summed E-state index contributed by atoms with van der Waals surface area (Å²) in [6.07, 6.45) is 2.58. The Kier molecular flexibility index (Phi) is 8.40. The summed E-state index contributed by atoms with van der Waals surface area (Å²) in [6, 6.07) is 19.7. The molecule has 0 saturated heterocycles. The molecule has 1 N–H and O–H groups in total. The third-order valence-electron chi connectivity index (χ3n) is 5.92. The molecule has 0 heterocycles. The first-order valence-corrected chi connectivity index (χ1v) is 12.3. The minimum Gasteiger partial charge on any atom is -0.478 e. The number of fused-ring (bicyclic) bond motifs is 1. The zero-order valence-corrected chi connectivity index (χ0v) is 21.1. The molecule has 0 atom stereocenters. The van der Waals surface area contributed by atoms with Gasteiger partial charge < -0.3 is 5.11 Å². The Bertz CT molecular complexity index is 1170. The van der Waals surface area contributed by atoms with Crippen LogP contribution in [-0.4, -0.2) is 11.1 Å². The quantitative estimate of drug-likeness (QED) is 0.403. The summed E-state index contributed by atoms with van der Waals surface area (Å²) in [5.74, 6) is -0.451. The van der Waals surface area contributed by atoms with E-state index >= 15 is 0 Å². The van der Waals surface area contributed by atoms with Crippen LogP contribution < -0.4 is 0 Å². The summed E-state index contributed by atoms with van der Waals surface area (Å²) in [5, 5.41) is 10.7. The fourth-order valence-electron chi connectivity index (χ4n) is 4.29. The van der Waals surface area contributed by atoms with Gasteiger partial charge in [0.05, 0.1) is 5.56 Å². The largest absolute Gasteiger partial charge is 0.478 e. The van der Waals surface area contributed by atoms with Gasteiger partial charge in [-0.2, -0.15) is 0 Å². The van der Waals surface area contributed by atoms with E-state index in [1.165, 1.54) is 11.1 Å². The first kappa shape index (κ1) is 25.1. The molecule has 0 amide bonds. The van der Waals surface area contributed by atoms with Crippen molar-refractivity contribution in [1.82, 2.24) is 0 Å². The van der Waals surface area contributed by atoms with Gasteiger partial charge >= 0.3 is 5.97 Å². The number of benzene rings is 3. The van der Waals surface area contributed by atoms with Gasteiger partial charge in [-0.25, -0.2) is 4.79 Å². The fraction of sp³-hybridized carbons (Fsp3) is 0.276. The number of carbonyl (C=O) groups is 1. The molecular formula is C29H30Cl2O2. The summed E-state index contributed by atoms with van der Waals surface area (Å²) in [7, 11) is 0. The molecular weight excluding hydrogens is 451 g/mol. The van der Waals surface area contributed by atoms with Crippen LogP contribution in [0.2, 0.25) is 10.0 Å². The Morgan fingerprint density at radius 3 is 2.15 bits per heavy atom. The standard InChI is InChI=1S/C27H24Cl2O2.C2H6/c1-16(2)17-6-8-18(9-7-17)26-22-12-10-20(27(30)31)14-19(22)4-3-5-24(26)23-13-11-21(28)15-25(23)29;1-2/h6-16H,3-5H2,1-2H3,(H,30,31);1-2H3. The molecule has 33 heavy (non-hydrogen) atoms. The molecule has 172 valence electrons. The highest BCUT2D eigenvalue weighted by Crippen LogP contribution is 2.42. The second kappa shape index (κ2) is 11.0. The van der Waals surface area contributed by atoms with Crippen molar-refractivity contribution in [3.8, 4) is 0 Å². The summed E-state index contributed by atoms with van der Waals surface area (Å²) in [4.78, 5) is 11.5. The highest BCUT2D eigenvalue weighted by atomic mass is 35.5. The average molecular weight is 481 g/mol. The predicted molar refractivity (Wildman–Crippen MR) is 141 cm³/mol. The highest BCUT2D eigenvalue weighted by molar-refractivity contribution is 6.36. The third kappa shape index (κ3) is 5.51. The van der Waals surface area contributed by atoms with Crippen LogP contribution in [0.3, 0.4) is 0 Å². The molecule has 0 unspecified atom stereocenters. The van der Waals surface area contributed by atoms with Gasteiger partial charge in [0.1, 0.15) is 0 Å². The van der Waals surface area contributed by atoms with Gasteiger partial charge in [0.25, 0.3) is 0 Å². The SMILES string of the molecule is CC.CC(C)c1ccc(C2=C(c3ccc(Cl)cc3Cl)CCCc3cc(C(=O)O)ccc32)cc1. The van der Waals surface area contributed by atoms with Crippen LogP contribution in [0, 0.1) is 0 Å². The number of rotatable bonds is 4. The Morgan fingerprint density at radius 2 is 1.55 bits per heavy atom. The molecule has 3 aromatic carbocycles. The van der Waals surface area contributed by atoms with Gasteiger partial charge in [-0.1, -0.05) is 87.3 Å². The van der Waals surface area contributed by atoms with E-state index in [2.05, 4.69) is 38.1 Å². The van der Waals surface area contributed by atoms with Crippen LogP contribution in [-0.2, 0) is 6.42 Å².